The maximum absolute atomic E-state index is 10.1. The molecule has 0 aliphatic heterocycles. The molecule has 0 amide bonds. The molecule has 0 bridgehead atoms. The van der Waals surface area contributed by atoms with E-state index >= 15 is 0 Å². The Morgan fingerprint density at radius 3 is 1.04 bits per heavy atom. The van der Waals surface area contributed by atoms with Gasteiger partial charge in [-0.1, -0.05) is 105 Å². The van der Waals surface area contributed by atoms with Crippen molar-refractivity contribution in [2.75, 3.05) is 0 Å². The molecule has 2 unspecified atom stereocenters. The van der Waals surface area contributed by atoms with Crippen molar-refractivity contribution in [2.45, 2.75) is 171 Å². The molecule has 0 spiro atoms. The Labute approximate surface area is 297 Å². The van der Waals surface area contributed by atoms with Crippen LogP contribution in [0, 0.1) is 0 Å². The van der Waals surface area contributed by atoms with E-state index in [9.17, 15) is 10.2 Å². The molecule has 0 heterocycles. The zero-order valence-corrected chi connectivity index (χ0v) is 32.5. The molecule has 0 fully saturated rings. The van der Waals surface area contributed by atoms with Crippen LogP contribution < -0.4 is 0 Å². The maximum Gasteiger partial charge on any atom is 0.0936 e. The number of hydrogen-bond donors (Lipinski definition) is 2. The molecular formula is C46H72O2. The third kappa shape index (κ3) is 23.6. The van der Waals surface area contributed by atoms with Crippen molar-refractivity contribution >= 4 is 0 Å². The van der Waals surface area contributed by atoms with Gasteiger partial charge in [-0.3, -0.25) is 0 Å². The minimum absolute atomic E-state index is 0.573. The molecule has 2 atom stereocenters. The van der Waals surface area contributed by atoms with E-state index < -0.39 is 12.2 Å². The second-order valence-electron chi connectivity index (χ2n) is 14.7. The highest BCUT2D eigenvalue weighted by molar-refractivity contribution is 5.27. The quantitative estimate of drug-likeness (QED) is 0.107. The summed E-state index contributed by atoms with van der Waals surface area (Å²) < 4.78 is 0. The summed E-state index contributed by atoms with van der Waals surface area (Å²) in [7, 11) is 0. The van der Waals surface area contributed by atoms with Crippen molar-refractivity contribution in [3.63, 3.8) is 0 Å². The van der Waals surface area contributed by atoms with Gasteiger partial charge in [-0.2, -0.15) is 0 Å². The van der Waals surface area contributed by atoms with Gasteiger partial charge in [-0.05, 0) is 170 Å². The summed E-state index contributed by atoms with van der Waals surface area (Å²) in [5.74, 6) is 0. The van der Waals surface area contributed by atoms with Gasteiger partial charge in [0.15, 0.2) is 0 Å². The molecule has 0 saturated heterocycles. The molecule has 1 aliphatic rings. The van der Waals surface area contributed by atoms with Crippen molar-refractivity contribution in [1.29, 1.82) is 0 Å². The van der Waals surface area contributed by atoms with Gasteiger partial charge in [0.25, 0.3) is 0 Å². The fourth-order valence-corrected chi connectivity index (χ4v) is 5.78. The average Bonchev–Trinajstić information content (AvgIpc) is 3.01. The summed E-state index contributed by atoms with van der Waals surface area (Å²) in [5, 5.41) is 19.8. The number of aliphatic hydroxyl groups is 2. The molecule has 0 saturated carbocycles. The summed E-state index contributed by atoms with van der Waals surface area (Å²) in [4.78, 5) is 0. The van der Waals surface area contributed by atoms with Crippen LogP contribution in [0.3, 0.4) is 0 Å². The molecule has 2 N–H and O–H groups in total. The van der Waals surface area contributed by atoms with Crippen molar-refractivity contribution in [3.05, 3.63) is 117 Å². The van der Waals surface area contributed by atoms with Gasteiger partial charge >= 0.3 is 0 Å². The van der Waals surface area contributed by atoms with E-state index in [0.29, 0.717) is 6.42 Å². The van der Waals surface area contributed by atoms with E-state index in [2.05, 4.69) is 111 Å². The first-order chi connectivity index (χ1) is 22.8. The Balaban J connectivity index is 2.24. The molecule has 268 valence electrons. The molecule has 0 aromatic carbocycles. The zero-order valence-electron chi connectivity index (χ0n) is 32.5. The normalized spacial score (nSPS) is 18.8. The molecule has 1 rings (SSSR count). The van der Waals surface area contributed by atoms with Crippen LogP contribution >= 0.6 is 0 Å². The van der Waals surface area contributed by atoms with E-state index in [-0.39, 0.29) is 0 Å². The molecule has 48 heavy (non-hydrogen) atoms. The lowest BCUT2D eigenvalue weighted by molar-refractivity contribution is 0.228. The highest BCUT2D eigenvalue weighted by Crippen LogP contribution is 2.20. The summed E-state index contributed by atoms with van der Waals surface area (Å²) in [6, 6.07) is 0. The van der Waals surface area contributed by atoms with E-state index in [4.69, 9.17) is 0 Å². The Kier molecular flexibility index (Phi) is 23.7. The van der Waals surface area contributed by atoms with Crippen LogP contribution in [0.2, 0.25) is 0 Å². The topological polar surface area (TPSA) is 40.5 Å². The summed E-state index contributed by atoms with van der Waals surface area (Å²) >= 11 is 0. The fraction of sp³-hybridized carbons (Fsp3) is 0.565. The molecule has 0 aromatic rings. The van der Waals surface area contributed by atoms with Crippen molar-refractivity contribution in [1.82, 2.24) is 0 Å². The van der Waals surface area contributed by atoms with E-state index in [1.54, 1.807) is 18.2 Å². The Morgan fingerprint density at radius 2 is 0.729 bits per heavy atom. The third-order valence-electron chi connectivity index (χ3n) is 9.22. The number of aliphatic hydroxyl groups excluding tert-OH is 2. The molecule has 0 radical (unpaired) electrons. The number of hydrogen-bond acceptors (Lipinski definition) is 2. The molecular weight excluding hydrogens is 585 g/mol. The Bertz CT molecular complexity index is 1250. The summed E-state index contributed by atoms with van der Waals surface area (Å²) in [5.41, 5.74) is 12.6. The van der Waals surface area contributed by atoms with Gasteiger partial charge in [0.05, 0.1) is 12.2 Å². The van der Waals surface area contributed by atoms with Crippen LogP contribution in [0.5, 0.6) is 0 Å². The molecule has 2 nitrogen and oxygen atoms in total. The molecule has 2 heteroatoms. The predicted octanol–water partition coefficient (Wildman–Crippen LogP) is 13.6. The minimum Gasteiger partial charge on any atom is -0.385 e. The third-order valence-corrected chi connectivity index (χ3v) is 9.22. The SMILES string of the molecule is CC(C)=CCCC(C)=CCCC(C)=CCCC(C)=CCCC(C)=CCCC(C)=CCCC(C)=CCCC(C)=CCC1=CC(O)C=CC1O. The largest absolute Gasteiger partial charge is 0.385 e. The Hall–Kier alpha value is -2.68. The monoisotopic (exact) mass is 657 g/mol. The van der Waals surface area contributed by atoms with Crippen molar-refractivity contribution in [3.8, 4) is 0 Å². The maximum atomic E-state index is 10.1. The standard InChI is InChI=1S/C46H72O2/c1-36(2)17-10-18-37(3)19-11-20-38(4)21-12-22-39(5)23-13-24-40(6)25-14-26-41(7)27-15-28-42(8)29-16-30-43(9)31-32-44-35-45(47)33-34-46(44)48/h17,19,21,23,25,27,29,31,33-35,45-48H,10-16,18,20,22,24,26,28,30,32H2,1-9H3. The lowest BCUT2D eigenvalue weighted by Gasteiger charge is -2.16. The summed E-state index contributed by atoms with van der Waals surface area (Å²) in [6.07, 6.45) is 39.6. The van der Waals surface area contributed by atoms with Gasteiger partial charge < -0.3 is 10.2 Å². The smallest absolute Gasteiger partial charge is 0.0936 e. The fourth-order valence-electron chi connectivity index (χ4n) is 5.78. The summed E-state index contributed by atoms with van der Waals surface area (Å²) in [6.45, 7) is 20.2. The predicted molar refractivity (Wildman–Crippen MR) is 214 cm³/mol. The zero-order chi connectivity index (χ0) is 35.7. The van der Waals surface area contributed by atoms with Crippen LogP contribution in [0.4, 0.5) is 0 Å². The van der Waals surface area contributed by atoms with E-state index in [1.165, 1.54) is 63.8 Å². The van der Waals surface area contributed by atoms with Crippen LogP contribution in [0.25, 0.3) is 0 Å². The average molecular weight is 657 g/mol. The lowest BCUT2D eigenvalue weighted by Crippen LogP contribution is -2.15. The first kappa shape index (κ1) is 43.3. The van der Waals surface area contributed by atoms with Crippen LogP contribution in [0.1, 0.15) is 159 Å². The second kappa shape index (κ2) is 26.2. The number of rotatable bonds is 23. The molecule has 1 aliphatic carbocycles. The van der Waals surface area contributed by atoms with Gasteiger partial charge in [0.2, 0.25) is 0 Å². The lowest BCUT2D eigenvalue weighted by atomic mass is 9.97. The first-order valence-corrected chi connectivity index (χ1v) is 18.8. The van der Waals surface area contributed by atoms with E-state index in [0.717, 1.165) is 76.2 Å². The number of allylic oxidation sites excluding steroid dienone is 16. The van der Waals surface area contributed by atoms with Crippen molar-refractivity contribution in [2.24, 2.45) is 0 Å². The highest BCUT2D eigenvalue weighted by atomic mass is 16.3. The van der Waals surface area contributed by atoms with Gasteiger partial charge in [0.1, 0.15) is 0 Å². The minimum atomic E-state index is -0.577. The van der Waals surface area contributed by atoms with Crippen molar-refractivity contribution < 1.29 is 10.2 Å². The van der Waals surface area contributed by atoms with Crippen LogP contribution in [-0.2, 0) is 0 Å². The van der Waals surface area contributed by atoms with Gasteiger partial charge in [0, 0.05) is 0 Å². The Morgan fingerprint density at radius 1 is 0.438 bits per heavy atom. The highest BCUT2D eigenvalue weighted by Gasteiger charge is 2.13. The second-order valence-corrected chi connectivity index (χ2v) is 14.7. The molecule has 0 aromatic heterocycles. The van der Waals surface area contributed by atoms with Crippen LogP contribution in [-0.4, -0.2) is 22.4 Å². The first-order valence-electron chi connectivity index (χ1n) is 18.8. The van der Waals surface area contributed by atoms with Crippen LogP contribution in [0.15, 0.2) is 117 Å². The van der Waals surface area contributed by atoms with E-state index in [1.807, 2.05) is 0 Å². The van der Waals surface area contributed by atoms with Gasteiger partial charge in [-0.15, -0.1) is 0 Å². The van der Waals surface area contributed by atoms with Gasteiger partial charge in [-0.25, -0.2) is 0 Å².